The molecule has 1 atom stereocenters. The van der Waals surface area contributed by atoms with Gasteiger partial charge in [-0.3, -0.25) is 9.59 Å². The molecule has 31 heavy (non-hydrogen) atoms. The maximum Gasteiger partial charge on any atom is 0.261 e. The van der Waals surface area contributed by atoms with Crippen molar-refractivity contribution >= 4 is 23.4 Å². The zero-order valence-corrected chi connectivity index (χ0v) is 19.2. The normalized spacial score (nSPS) is 11.5. The van der Waals surface area contributed by atoms with Crippen LogP contribution in [0, 0.1) is 0 Å². The van der Waals surface area contributed by atoms with E-state index >= 15 is 0 Å². The molecule has 0 radical (unpaired) electrons. The minimum absolute atomic E-state index is 0.166. The highest BCUT2D eigenvalue weighted by Gasteiger charge is 2.29. The fourth-order valence-electron chi connectivity index (χ4n) is 3.14. The van der Waals surface area contributed by atoms with Crippen LogP contribution >= 0.6 is 11.6 Å². The van der Waals surface area contributed by atoms with Gasteiger partial charge in [0.2, 0.25) is 5.91 Å². The molecule has 2 aromatic rings. The molecule has 2 aromatic carbocycles. The summed E-state index contributed by atoms with van der Waals surface area (Å²) in [5, 5.41) is 3.49. The van der Waals surface area contributed by atoms with Crippen molar-refractivity contribution < 1.29 is 19.1 Å². The molecule has 1 N–H and O–H groups in total. The van der Waals surface area contributed by atoms with Crippen LogP contribution in [0.5, 0.6) is 11.5 Å². The highest BCUT2D eigenvalue weighted by atomic mass is 35.5. The predicted octanol–water partition coefficient (Wildman–Crippen LogP) is 4.45. The predicted molar refractivity (Wildman–Crippen MR) is 122 cm³/mol. The lowest BCUT2D eigenvalue weighted by atomic mass is 10.1. The molecule has 0 aliphatic heterocycles. The molecule has 0 saturated carbocycles. The van der Waals surface area contributed by atoms with E-state index in [1.807, 2.05) is 25.1 Å². The second-order valence-electron chi connectivity index (χ2n) is 7.15. The van der Waals surface area contributed by atoms with E-state index in [4.69, 9.17) is 21.1 Å². The van der Waals surface area contributed by atoms with Gasteiger partial charge < -0.3 is 19.7 Å². The van der Waals surface area contributed by atoms with Gasteiger partial charge in [0, 0.05) is 18.1 Å². The molecule has 168 valence electrons. The molecule has 0 fully saturated rings. The van der Waals surface area contributed by atoms with Gasteiger partial charge in [0.05, 0.1) is 7.11 Å². The Labute approximate surface area is 189 Å². The average molecular weight is 447 g/mol. The molecule has 0 aromatic heterocycles. The number of hydrogen-bond donors (Lipinski definition) is 1. The van der Waals surface area contributed by atoms with E-state index in [0.29, 0.717) is 29.5 Å². The van der Waals surface area contributed by atoms with Crippen LogP contribution in [0.25, 0.3) is 0 Å². The number of halogens is 1. The van der Waals surface area contributed by atoms with Crippen LogP contribution < -0.4 is 14.8 Å². The van der Waals surface area contributed by atoms with Gasteiger partial charge in [-0.15, -0.1) is 0 Å². The van der Waals surface area contributed by atoms with Gasteiger partial charge in [-0.2, -0.15) is 0 Å². The van der Waals surface area contributed by atoms with Crippen LogP contribution in [0.3, 0.4) is 0 Å². The van der Waals surface area contributed by atoms with Gasteiger partial charge in [-0.1, -0.05) is 50.1 Å². The van der Waals surface area contributed by atoms with E-state index in [0.717, 1.165) is 18.4 Å². The standard InChI is InChI=1S/C24H31ClN2O4/c1-4-6-15-26-24(29)22(5-2)27(16-18-9-7-8-10-21(18)25)23(28)17-31-20-13-11-19(30-3)12-14-20/h7-14,22H,4-6,15-17H2,1-3H3,(H,26,29)/t22-/m1/s1. The molecule has 2 amide bonds. The lowest BCUT2D eigenvalue weighted by Crippen LogP contribution is -2.50. The summed E-state index contributed by atoms with van der Waals surface area (Å²) < 4.78 is 10.8. The van der Waals surface area contributed by atoms with Crippen molar-refractivity contribution in [3.05, 3.63) is 59.1 Å². The van der Waals surface area contributed by atoms with Crippen LogP contribution in [-0.2, 0) is 16.1 Å². The first-order valence-corrected chi connectivity index (χ1v) is 10.9. The van der Waals surface area contributed by atoms with Crippen LogP contribution in [0.2, 0.25) is 5.02 Å². The molecule has 0 heterocycles. The molecule has 0 saturated heterocycles. The van der Waals surface area contributed by atoms with E-state index < -0.39 is 6.04 Å². The molecular weight excluding hydrogens is 416 g/mol. The number of ether oxygens (including phenoxy) is 2. The number of nitrogens with one attached hydrogen (secondary N) is 1. The van der Waals surface area contributed by atoms with E-state index in [2.05, 4.69) is 12.2 Å². The summed E-state index contributed by atoms with van der Waals surface area (Å²) in [6.07, 6.45) is 2.35. The lowest BCUT2D eigenvalue weighted by molar-refractivity contribution is -0.143. The SMILES string of the molecule is CCCCNC(=O)[C@@H](CC)N(Cc1ccccc1Cl)C(=O)COc1ccc(OC)cc1. The highest BCUT2D eigenvalue weighted by Crippen LogP contribution is 2.21. The summed E-state index contributed by atoms with van der Waals surface area (Å²) in [4.78, 5) is 27.5. The average Bonchev–Trinajstić information content (AvgIpc) is 2.79. The van der Waals surface area contributed by atoms with Gasteiger partial charge in [0.15, 0.2) is 6.61 Å². The molecule has 0 aliphatic rings. The number of rotatable bonds is 12. The number of benzene rings is 2. The van der Waals surface area contributed by atoms with Crippen LogP contribution in [0.1, 0.15) is 38.7 Å². The molecular formula is C24H31ClN2O4. The Kier molecular flexibility index (Phi) is 10.2. The van der Waals surface area contributed by atoms with Gasteiger partial charge in [0.25, 0.3) is 5.91 Å². The molecule has 0 spiro atoms. The number of nitrogens with zero attached hydrogens (tertiary/aromatic N) is 1. The Morgan fingerprint density at radius 2 is 1.74 bits per heavy atom. The van der Waals surface area contributed by atoms with E-state index in [1.165, 1.54) is 0 Å². The maximum atomic E-state index is 13.1. The van der Waals surface area contributed by atoms with Gasteiger partial charge in [-0.05, 0) is 48.7 Å². The Morgan fingerprint density at radius 3 is 2.35 bits per heavy atom. The van der Waals surface area contributed by atoms with E-state index in [1.54, 1.807) is 42.3 Å². The van der Waals surface area contributed by atoms with Gasteiger partial charge in [0.1, 0.15) is 17.5 Å². The summed E-state index contributed by atoms with van der Waals surface area (Å²) in [5.41, 5.74) is 0.779. The zero-order valence-electron chi connectivity index (χ0n) is 18.4. The number of unbranched alkanes of at least 4 members (excludes halogenated alkanes) is 1. The quantitative estimate of drug-likeness (QED) is 0.489. The number of methoxy groups -OCH3 is 1. The maximum absolute atomic E-state index is 13.1. The lowest BCUT2D eigenvalue weighted by Gasteiger charge is -2.30. The first kappa shape index (κ1) is 24.5. The summed E-state index contributed by atoms with van der Waals surface area (Å²) in [5.74, 6) is 0.801. The van der Waals surface area contributed by atoms with Crippen molar-refractivity contribution in [1.82, 2.24) is 10.2 Å². The second-order valence-corrected chi connectivity index (χ2v) is 7.55. The minimum atomic E-state index is -0.611. The monoisotopic (exact) mass is 446 g/mol. The van der Waals surface area contributed by atoms with Crippen molar-refractivity contribution in [1.29, 1.82) is 0 Å². The number of amides is 2. The van der Waals surface area contributed by atoms with Crippen molar-refractivity contribution in [2.45, 2.75) is 45.7 Å². The third kappa shape index (κ3) is 7.47. The topological polar surface area (TPSA) is 67.9 Å². The Bertz CT molecular complexity index is 842. The van der Waals surface area contributed by atoms with Crippen molar-refractivity contribution in [3.63, 3.8) is 0 Å². The van der Waals surface area contributed by atoms with Crippen LogP contribution in [0.15, 0.2) is 48.5 Å². The molecule has 2 rings (SSSR count). The number of hydrogen-bond acceptors (Lipinski definition) is 4. The molecule has 0 aliphatic carbocycles. The molecule has 6 nitrogen and oxygen atoms in total. The number of carbonyl (C=O) groups excluding carboxylic acids is 2. The molecule has 7 heteroatoms. The van der Waals surface area contributed by atoms with Gasteiger partial charge >= 0.3 is 0 Å². The van der Waals surface area contributed by atoms with Crippen molar-refractivity contribution in [3.8, 4) is 11.5 Å². The Balaban J connectivity index is 2.16. The van der Waals surface area contributed by atoms with Crippen molar-refractivity contribution in [2.75, 3.05) is 20.3 Å². The minimum Gasteiger partial charge on any atom is -0.497 e. The third-order valence-corrected chi connectivity index (χ3v) is 5.30. The fraction of sp³-hybridized carbons (Fsp3) is 0.417. The van der Waals surface area contributed by atoms with Crippen molar-refractivity contribution in [2.24, 2.45) is 0 Å². The summed E-state index contributed by atoms with van der Waals surface area (Å²) in [6, 6.07) is 13.7. The molecule has 0 bridgehead atoms. The third-order valence-electron chi connectivity index (χ3n) is 4.94. The van der Waals surface area contributed by atoms with E-state index in [-0.39, 0.29) is 25.0 Å². The summed E-state index contributed by atoms with van der Waals surface area (Å²) >= 11 is 6.32. The molecule has 0 unspecified atom stereocenters. The fourth-order valence-corrected chi connectivity index (χ4v) is 3.33. The van der Waals surface area contributed by atoms with Gasteiger partial charge in [-0.25, -0.2) is 0 Å². The second kappa shape index (κ2) is 12.8. The Hall–Kier alpha value is -2.73. The van der Waals surface area contributed by atoms with Crippen LogP contribution in [0.4, 0.5) is 0 Å². The summed E-state index contributed by atoms with van der Waals surface area (Å²) in [6.45, 7) is 4.58. The zero-order chi connectivity index (χ0) is 22.6. The largest absolute Gasteiger partial charge is 0.497 e. The Morgan fingerprint density at radius 1 is 1.06 bits per heavy atom. The smallest absolute Gasteiger partial charge is 0.261 e. The van der Waals surface area contributed by atoms with Crippen LogP contribution in [-0.4, -0.2) is 43.0 Å². The summed E-state index contributed by atoms with van der Waals surface area (Å²) in [7, 11) is 1.59. The van der Waals surface area contributed by atoms with E-state index in [9.17, 15) is 9.59 Å². The first-order valence-electron chi connectivity index (χ1n) is 10.6. The number of carbonyl (C=O) groups is 2. The highest BCUT2D eigenvalue weighted by molar-refractivity contribution is 6.31. The first-order chi connectivity index (χ1) is 15.0.